The van der Waals surface area contributed by atoms with E-state index in [0.29, 0.717) is 5.56 Å². The average molecular weight is 342 g/mol. The summed E-state index contributed by atoms with van der Waals surface area (Å²) < 4.78 is 2.39. The summed E-state index contributed by atoms with van der Waals surface area (Å²) in [5, 5.41) is 14.2. The van der Waals surface area contributed by atoms with Crippen molar-refractivity contribution in [1.82, 2.24) is 4.40 Å². The van der Waals surface area contributed by atoms with Crippen LogP contribution in [0.3, 0.4) is 0 Å². The molecular weight excluding hydrogens is 328 g/mol. The van der Waals surface area contributed by atoms with Crippen LogP contribution in [0.1, 0.15) is 5.56 Å². The van der Waals surface area contributed by atoms with Gasteiger partial charge in [0.2, 0.25) is 0 Å². The van der Waals surface area contributed by atoms with Crippen molar-refractivity contribution in [3.63, 3.8) is 0 Å². The van der Waals surface area contributed by atoms with Crippen molar-refractivity contribution < 1.29 is 0 Å². The maximum atomic E-state index is 9.02. The Balaban J connectivity index is 1.72. The van der Waals surface area contributed by atoms with Crippen LogP contribution in [-0.4, -0.2) is 4.40 Å². The molecule has 2 heteroatoms. The summed E-state index contributed by atoms with van der Waals surface area (Å²) in [5.74, 6) is 0. The maximum Gasteiger partial charge on any atom is 0.0991 e. The minimum Gasteiger partial charge on any atom is -0.308 e. The number of rotatable bonds is 1. The lowest BCUT2D eigenvalue weighted by atomic mass is 10.0. The van der Waals surface area contributed by atoms with Gasteiger partial charge in [0.1, 0.15) is 0 Å². The highest BCUT2D eigenvalue weighted by Crippen LogP contribution is 2.39. The fraction of sp³-hybridized carbons (Fsp3) is 0. The first kappa shape index (κ1) is 14.4. The van der Waals surface area contributed by atoms with Crippen molar-refractivity contribution in [3.05, 3.63) is 90.5 Å². The molecule has 6 rings (SSSR count). The molecule has 0 unspecified atom stereocenters. The van der Waals surface area contributed by atoms with E-state index in [1.165, 1.54) is 43.7 Å². The van der Waals surface area contributed by atoms with Crippen molar-refractivity contribution in [2.75, 3.05) is 0 Å². The van der Waals surface area contributed by atoms with Crippen LogP contribution in [-0.2, 0) is 0 Å². The van der Waals surface area contributed by atoms with Gasteiger partial charge in [-0.25, -0.2) is 0 Å². The van der Waals surface area contributed by atoms with Crippen LogP contribution in [0, 0.1) is 11.3 Å². The summed E-state index contributed by atoms with van der Waals surface area (Å²) in [4.78, 5) is 0. The lowest BCUT2D eigenvalue weighted by Gasteiger charge is -2.04. The van der Waals surface area contributed by atoms with E-state index in [4.69, 9.17) is 5.26 Å². The zero-order valence-electron chi connectivity index (χ0n) is 14.5. The molecule has 27 heavy (non-hydrogen) atoms. The van der Waals surface area contributed by atoms with Crippen LogP contribution < -0.4 is 0 Å². The molecule has 4 aromatic carbocycles. The highest BCUT2D eigenvalue weighted by atomic mass is 14.9. The molecule has 124 valence electrons. The van der Waals surface area contributed by atoms with Crippen LogP contribution in [0.2, 0.25) is 0 Å². The maximum absolute atomic E-state index is 9.02. The number of nitrogens with zero attached hydrogens (tertiary/aromatic N) is 2. The van der Waals surface area contributed by atoms with Crippen molar-refractivity contribution in [1.29, 1.82) is 5.26 Å². The van der Waals surface area contributed by atoms with Crippen molar-refractivity contribution in [3.8, 4) is 17.2 Å². The first-order valence-corrected chi connectivity index (χ1v) is 9.03. The molecule has 0 spiro atoms. The van der Waals surface area contributed by atoms with E-state index in [9.17, 15) is 0 Å². The Morgan fingerprint density at radius 1 is 0.593 bits per heavy atom. The topological polar surface area (TPSA) is 28.2 Å². The van der Waals surface area contributed by atoms with Gasteiger partial charge < -0.3 is 4.40 Å². The smallest absolute Gasteiger partial charge is 0.0991 e. The zero-order valence-corrected chi connectivity index (χ0v) is 14.5. The first-order chi connectivity index (χ1) is 13.3. The Bertz CT molecular complexity index is 1510. The van der Waals surface area contributed by atoms with Gasteiger partial charge in [0, 0.05) is 21.5 Å². The van der Waals surface area contributed by atoms with E-state index in [1.54, 1.807) is 0 Å². The molecule has 6 aromatic rings. The number of nitriles is 1. The summed E-state index contributed by atoms with van der Waals surface area (Å²) in [5.41, 5.74) is 6.78. The number of hydrogen-bond acceptors (Lipinski definition) is 1. The van der Waals surface area contributed by atoms with Gasteiger partial charge in [0.25, 0.3) is 0 Å². The second kappa shape index (κ2) is 5.09. The van der Waals surface area contributed by atoms with Gasteiger partial charge in [-0.2, -0.15) is 5.26 Å². The SMILES string of the molecule is N#Cc1ccc(-c2ccc3c(c2)c2cccc4c5ccccc5n3c42)cc1. The molecule has 0 radical (unpaired) electrons. The Kier molecular flexibility index (Phi) is 2.71. The molecule has 0 saturated heterocycles. The molecule has 0 bridgehead atoms. The van der Waals surface area contributed by atoms with Crippen LogP contribution in [0.15, 0.2) is 84.9 Å². The lowest BCUT2D eigenvalue weighted by Crippen LogP contribution is -1.82. The third kappa shape index (κ3) is 1.83. The largest absolute Gasteiger partial charge is 0.308 e. The minimum atomic E-state index is 0.687. The fourth-order valence-electron chi connectivity index (χ4n) is 4.35. The normalized spacial score (nSPS) is 11.7. The third-order valence-electron chi connectivity index (χ3n) is 5.57. The minimum absolute atomic E-state index is 0.687. The summed E-state index contributed by atoms with van der Waals surface area (Å²) in [6, 6.07) is 31.8. The molecule has 0 saturated carbocycles. The molecule has 2 heterocycles. The molecule has 0 aliphatic heterocycles. The van der Waals surface area contributed by atoms with Gasteiger partial charge in [-0.3, -0.25) is 0 Å². The quantitative estimate of drug-likeness (QED) is 0.341. The number of fused-ring (bicyclic) bond motifs is 6. The van der Waals surface area contributed by atoms with Gasteiger partial charge in [0.05, 0.1) is 28.2 Å². The number of para-hydroxylation sites is 2. The predicted octanol–water partition coefficient (Wildman–Crippen LogP) is 6.38. The van der Waals surface area contributed by atoms with Crippen molar-refractivity contribution in [2.45, 2.75) is 0 Å². The Morgan fingerprint density at radius 3 is 2.07 bits per heavy atom. The van der Waals surface area contributed by atoms with Gasteiger partial charge in [-0.15, -0.1) is 0 Å². The van der Waals surface area contributed by atoms with Crippen molar-refractivity contribution in [2.24, 2.45) is 0 Å². The highest BCUT2D eigenvalue weighted by Gasteiger charge is 2.16. The van der Waals surface area contributed by atoms with E-state index in [2.05, 4.69) is 71.1 Å². The zero-order chi connectivity index (χ0) is 18.0. The fourth-order valence-corrected chi connectivity index (χ4v) is 4.35. The van der Waals surface area contributed by atoms with Gasteiger partial charge in [-0.1, -0.05) is 54.6 Å². The molecule has 0 fully saturated rings. The number of benzene rings is 4. The molecule has 0 atom stereocenters. The van der Waals surface area contributed by atoms with E-state index < -0.39 is 0 Å². The molecule has 2 aromatic heterocycles. The summed E-state index contributed by atoms with van der Waals surface area (Å²) in [6.45, 7) is 0. The van der Waals surface area contributed by atoms with Gasteiger partial charge in [-0.05, 0) is 41.5 Å². The molecule has 0 aliphatic rings. The summed E-state index contributed by atoms with van der Waals surface area (Å²) in [7, 11) is 0. The Hall–Kier alpha value is -3.83. The second-order valence-corrected chi connectivity index (χ2v) is 6.98. The Labute approximate surface area is 155 Å². The van der Waals surface area contributed by atoms with E-state index in [0.717, 1.165) is 5.56 Å². The molecule has 2 nitrogen and oxygen atoms in total. The molecule has 0 amide bonds. The highest BCUT2D eigenvalue weighted by molar-refractivity contribution is 6.23. The van der Waals surface area contributed by atoms with Crippen LogP contribution in [0.4, 0.5) is 0 Å². The first-order valence-electron chi connectivity index (χ1n) is 9.03. The second-order valence-electron chi connectivity index (χ2n) is 6.98. The van der Waals surface area contributed by atoms with Crippen LogP contribution in [0.25, 0.3) is 49.2 Å². The monoisotopic (exact) mass is 342 g/mol. The predicted molar refractivity (Wildman–Crippen MR) is 111 cm³/mol. The van der Waals surface area contributed by atoms with E-state index in [1.807, 2.05) is 24.3 Å². The van der Waals surface area contributed by atoms with Crippen molar-refractivity contribution >= 4 is 38.1 Å². The van der Waals surface area contributed by atoms with E-state index >= 15 is 0 Å². The Morgan fingerprint density at radius 2 is 1.26 bits per heavy atom. The standard InChI is InChI=1S/C25H14N2/c26-15-16-8-10-17(11-9-16)18-12-13-24-22(14-18)21-6-3-5-20-19-4-1-2-7-23(19)27(24)25(20)21/h1-14H. The molecule has 0 N–H and O–H groups in total. The third-order valence-corrected chi connectivity index (χ3v) is 5.57. The number of hydrogen-bond donors (Lipinski definition) is 0. The number of aromatic nitrogens is 1. The van der Waals surface area contributed by atoms with Gasteiger partial charge in [0.15, 0.2) is 0 Å². The van der Waals surface area contributed by atoms with E-state index in [-0.39, 0.29) is 0 Å². The summed E-state index contributed by atoms with van der Waals surface area (Å²) >= 11 is 0. The average Bonchev–Trinajstić information content (AvgIpc) is 3.25. The molecule has 0 aliphatic carbocycles. The lowest BCUT2D eigenvalue weighted by molar-refractivity contribution is 1.37. The van der Waals surface area contributed by atoms with Crippen LogP contribution >= 0.6 is 0 Å². The molecular formula is C25H14N2. The van der Waals surface area contributed by atoms with Gasteiger partial charge >= 0.3 is 0 Å². The summed E-state index contributed by atoms with van der Waals surface area (Å²) in [6.07, 6.45) is 0. The van der Waals surface area contributed by atoms with Crippen LogP contribution in [0.5, 0.6) is 0 Å².